The highest BCUT2D eigenvalue weighted by molar-refractivity contribution is 6.14. The first-order chi connectivity index (χ1) is 8.70. The zero-order valence-corrected chi connectivity index (χ0v) is 13.5. The van der Waals surface area contributed by atoms with Crippen LogP contribution in [0.25, 0.3) is 0 Å². The highest BCUT2D eigenvalue weighted by Gasteiger charge is 2.40. The molecule has 3 unspecified atom stereocenters. The quantitative estimate of drug-likeness (QED) is 0.615. The number of hydrogen-bond acceptors (Lipinski definition) is 1. The molecule has 1 aliphatic carbocycles. The van der Waals surface area contributed by atoms with Crippen LogP contribution in [0.5, 0.6) is 0 Å². The van der Waals surface area contributed by atoms with Crippen LogP contribution in [0, 0.1) is 17.3 Å². The Morgan fingerprint density at radius 1 is 1.26 bits per heavy atom. The molecule has 0 aromatic carbocycles. The van der Waals surface area contributed by atoms with Crippen LogP contribution in [0.4, 0.5) is 0 Å². The van der Waals surface area contributed by atoms with Crippen LogP contribution < -0.4 is 0 Å². The van der Waals surface area contributed by atoms with Gasteiger partial charge in [-0.2, -0.15) is 0 Å². The first-order valence-corrected chi connectivity index (χ1v) is 7.95. The third-order valence-electron chi connectivity index (χ3n) is 5.24. The highest BCUT2D eigenvalue weighted by atomic mass is 16.2. The van der Waals surface area contributed by atoms with Crippen molar-refractivity contribution in [2.75, 3.05) is 13.6 Å². The molecule has 2 fully saturated rings. The molecule has 1 saturated carbocycles. The van der Waals surface area contributed by atoms with Gasteiger partial charge in [0.15, 0.2) is 0 Å². The van der Waals surface area contributed by atoms with Crippen molar-refractivity contribution in [1.29, 1.82) is 0 Å². The van der Waals surface area contributed by atoms with Crippen molar-refractivity contribution in [3.8, 4) is 0 Å². The number of piperidine rings is 1. The van der Waals surface area contributed by atoms with Crippen molar-refractivity contribution in [3.05, 3.63) is 0 Å². The Kier molecular flexibility index (Phi) is 4.04. The number of likely N-dealkylation sites (tertiary alicyclic amines) is 1. The van der Waals surface area contributed by atoms with Crippen LogP contribution in [0.15, 0.2) is 0 Å². The lowest BCUT2D eigenvalue weighted by atomic mass is 9.59. The fraction of sp³-hybridized carbons (Fsp3) is 0.938. The lowest BCUT2D eigenvalue weighted by Crippen LogP contribution is -2.44. The molecular formula is C16H30BNO. The molecule has 108 valence electrons. The molecule has 0 bridgehead atoms. The van der Waals surface area contributed by atoms with Gasteiger partial charge in [0.05, 0.1) is 0 Å². The fourth-order valence-electron chi connectivity index (χ4n) is 4.73. The Bertz CT molecular complexity index is 351. The van der Waals surface area contributed by atoms with Gasteiger partial charge in [-0.05, 0) is 37.0 Å². The van der Waals surface area contributed by atoms with E-state index >= 15 is 0 Å². The van der Waals surface area contributed by atoms with Gasteiger partial charge in [-0.1, -0.05) is 38.9 Å². The third-order valence-corrected chi connectivity index (χ3v) is 5.24. The number of fused-ring (bicyclic) bond motifs is 1. The smallest absolute Gasteiger partial charge is 0.225 e. The van der Waals surface area contributed by atoms with E-state index in [0.29, 0.717) is 28.5 Å². The molecule has 0 aromatic heterocycles. The Hall–Kier alpha value is -0.465. The molecule has 1 saturated heterocycles. The Labute approximate surface area is 119 Å². The van der Waals surface area contributed by atoms with Gasteiger partial charge in [0.1, 0.15) is 7.85 Å². The van der Waals surface area contributed by atoms with Gasteiger partial charge in [-0.25, -0.2) is 0 Å². The molecule has 1 heterocycles. The van der Waals surface area contributed by atoms with Crippen LogP contribution in [0.2, 0.25) is 5.31 Å². The molecule has 1 aliphatic heterocycles. The second kappa shape index (κ2) is 5.14. The number of nitrogens with zero attached hydrogens (tertiary/aromatic N) is 1. The average Bonchev–Trinajstić information content (AvgIpc) is 2.29. The van der Waals surface area contributed by atoms with E-state index in [4.69, 9.17) is 0 Å². The second-order valence-electron chi connectivity index (χ2n) is 8.52. The minimum atomic E-state index is 0.298. The van der Waals surface area contributed by atoms with E-state index < -0.39 is 0 Å². The van der Waals surface area contributed by atoms with Crippen LogP contribution in [-0.2, 0) is 4.79 Å². The molecule has 2 nitrogen and oxygen atoms in total. The van der Waals surface area contributed by atoms with E-state index in [9.17, 15) is 4.79 Å². The van der Waals surface area contributed by atoms with Crippen molar-refractivity contribution in [2.24, 2.45) is 17.3 Å². The summed E-state index contributed by atoms with van der Waals surface area (Å²) in [4.78, 5) is 14.4. The monoisotopic (exact) mass is 263 g/mol. The molecule has 2 rings (SSSR count). The van der Waals surface area contributed by atoms with Crippen molar-refractivity contribution < 1.29 is 4.79 Å². The standard InChI is InChI=1S/C16H30BNO/c1-15(2)10-12-7-9-18(4)14(19)13(12)6-5-8-16(3,17)11-15/h12-13H,5-11,17H2,1-4H3. The maximum absolute atomic E-state index is 12.4. The highest BCUT2D eigenvalue weighted by Crippen LogP contribution is 2.48. The van der Waals surface area contributed by atoms with E-state index in [-0.39, 0.29) is 0 Å². The molecule has 0 N–H and O–H groups in total. The fourth-order valence-corrected chi connectivity index (χ4v) is 4.73. The number of rotatable bonds is 0. The lowest BCUT2D eigenvalue weighted by Gasteiger charge is -2.40. The molecule has 0 spiro atoms. The predicted molar refractivity (Wildman–Crippen MR) is 83.0 cm³/mol. The van der Waals surface area contributed by atoms with Gasteiger partial charge < -0.3 is 4.90 Å². The summed E-state index contributed by atoms with van der Waals surface area (Å²) < 4.78 is 0. The largest absolute Gasteiger partial charge is 0.346 e. The third kappa shape index (κ3) is 3.55. The summed E-state index contributed by atoms with van der Waals surface area (Å²) in [5.74, 6) is 1.33. The summed E-state index contributed by atoms with van der Waals surface area (Å²) in [6.07, 6.45) is 7.29. The molecule has 0 aromatic rings. The van der Waals surface area contributed by atoms with Crippen molar-refractivity contribution in [1.82, 2.24) is 4.90 Å². The van der Waals surface area contributed by atoms with Gasteiger partial charge in [-0.15, -0.1) is 0 Å². The van der Waals surface area contributed by atoms with E-state index in [1.54, 1.807) is 0 Å². The molecule has 2 aliphatic rings. The number of carbonyl (C=O) groups is 1. The van der Waals surface area contributed by atoms with E-state index in [1.165, 1.54) is 32.1 Å². The Balaban J connectivity index is 2.20. The molecule has 3 heteroatoms. The van der Waals surface area contributed by atoms with E-state index in [0.717, 1.165) is 13.0 Å². The molecule has 19 heavy (non-hydrogen) atoms. The maximum atomic E-state index is 12.4. The van der Waals surface area contributed by atoms with Gasteiger partial charge in [0, 0.05) is 19.5 Å². The normalized spacial score (nSPS) is 40.0. The van der Waals surface area contributed by atoms with Crippen molar-refractivity contribution in [2.45, 2.75) is 64.6 Å². The van der Waals surface area contributed by atoms with Crippen molar-refractivity contribution >= 4 is 13.8 Å². The maximum Gasteiger partial charge on any atom is 0.225 e. The lowest BCUT2D eigenvalue weighted by molar-refractivity contribution is -0.140. The minimum Gasteiger partial charge on any atom is -0.346 e. The van der Waals surface area contributed by atoms with Gasteiger partial charge in [0.2, 0.25) is 5.91 Å². The Morgan fingerprint density at radius 2 is 1.95 bits per heavy atom. The van der Waals surface area contributed by atoms with Crippen LogP contribution >= 0.6 is 0 Å². The number of amides is 1. The SMILES string of the molecule is BC1(C)CCCC2C(=O)N(C)CCC2CC(C)(C)C1. The second-order valence-corrected chi connectivity index (χ2v) is 8.52. The summed E-state index contributed by atoms with van der Waals surface area (Å²) in [6.45, 7) is 8.16. The summed E-state index contributed by atoms with van der Waals surface area (Å²) in [5.41, 5.74) is 0.368. The molecular weight excluding hydrogens is 233 g/mol. The van der Waals surface area contributed by atoms with Crippen LogP contribution in [-0.4, -0.2) is 32.2 Å². The minimum absolute atomic E-state index is 0.298. The zero-order valence-electron chi connectivity index (χ0n) is 13.5. The first-order valence-electron chi connectivity index (χ1n) is 7.95. The van der Waals surface area contributed by atoms with Crippen molar-refractivity contribution in [3.63, 3.8) is 0 Å². The van der Waals surface area contributed by atoms with E-state index in [1.807, 2.05) is 11.9 Å². The first kappa shape index (κ1) is 14.9. The summed E-state index contributed by atoms with van der Waals surface area (Å²) in [5, 5.41) is 0.423. The van der Waals surface area contributed by atoms with Gasteiger partial charge in [-0.3, -0.25) is 4.79 Å². The topological polar surface area (TPSA) is 20.3 Å². The summed E-state index contributed by atoms with van der Waals surface area (Å²) >= 11 is 0. The average molecular weight is 263 g/mol. The van der Waals surface area contributed by atoms with Crippen LogP contribution in [0.3, 0.4) is 0 Å². The Morgan fingerprint density at radius 3 is 2.63 bits per heavy atom. The van der Waals surface area contributed by atoms with E-state index in [2.05, 4.69) is 28.6 Å². The molecule has 3 atom stereocenters. The predicted octanol–water partition coefficient (Wildman–Crippen LogP) is 2.88. The van der Waals surface area contributed by atoms with Gasteiger partial charge >= 0.3 is 0 Å². The van der Waals surface area contributed by atoms with Gasteiger partial charge in [0.25, 0.3) is 0 Å². The van der Waals surface area contributed by atoms with Crippen LogP contribution in [0.1, 0.15) is 59.3 Å². The number of carbonyl (C=O) groups excluding carboxylic acids is 1. The summed E-state index contributed by atoms with van der Waals surface area (Å²) in [6, 6.07) is 0. The molecule has 0 radical (unpaired) electrons. The zero-order chi connectivity index (χ0) is 14.3. The molecule has 1 amide bonds. The number of hydrogen-bond donors (Lipinski definition) is 0. The summed E-state index contributed by atoms with van der Waals surface area (Å²) in [7, 11) is 4.37.